The topological polar surface area (TPSA) is 83.9 Å². The number of nitrogens with zero attached hydrogens (tertiary/aromatic N) is 1. The fourth-order valence-electron chi connectivity index (χ4n) is 8.63. The molecule has 264 valence electrons. The third-order valence-electron chi connectivity index (χ3n) is 11.4. The first-order valence-corrected chi connectivity index (χ1v) is 17.6. The van der Waals surface area contributed by atoms with E-state index in [1.165, 1.54) is 29.2 Å². The fraction of sp³-hybridized carbons (Fsp3) is 0.514. The lowest BCUT2D eigenvalue weighted by molar-refractivity contribution is -0.348. The lowest BCUT2D eigenvalue weighted by Crippen LogP contribution is -2.58. The second kappa shape index (κ2) is 10.7. The molecule has 2 aliphatic heterocycles. The molecule has 3 aliphatic carbocycles. The van der Waals surface area contributed by atoms with Crippen LogP contribution >= 0.6 is 0 Å². The van der Waals surface area contributed by atoms with Crippen LogP contribution < -0.4 is 4.74 Å². The van der Waals surface area contributed by atoms with E-state index in [2.05, 4.69) is 6.58 Å². The number of benzene rings is 2. The number of sulfone groups is 1. The number of allylic oxidation sites excluding steroid dienone is 3. The molecule has 0 bridgehead atoms. The average Bonchev–Trinajstić information content (AvgIpc) is 3.76. The normalized spacial score (nSPS) is 29.3. The van der Waals surface area contributed by atoms with Gasteiger partial charge in [0, 0.05) is 29.5 Å². The van der Waals surface area contributed by atoms with Crippen molar-refractivity contribution in [2.75, 3.05) is 13.2 Å². The molecule has 2 atom stereocenters. The highest BCUT2D eigenvalue weighted by Gasteiger charge is 2.74. The zero-order valence-electron chi connectivity index (χ0n) is 26.4. The summed E-state index contributed by atoms with van der Waals surface area (Å²) in [4.78, 5) is 15.2. The van der Waals surface area contributed by atoms with Crippen molar-refractivity contribution in [2.24, 2.45) is 17.3 Å². The summed E-state index contributed by atoms with van der Waals surface area (Å²) < 4.78 is 130. The standard InChI is InChI=1S/C35H34F7NO5S/c1-19(2)20-5-8-25(9-6-20)49(46,47)32-11-12-43(30(45)23-16-31(17-23)14-22(15-31)29(44)21-3-4-21)28(32)18-48-27-13-24(7-10-26(27)32)33(36,34(37,38)39)35(40,41)42/h5-10,13,22-23,28,44H,1,3-4,11-12,14-18H2,2H3. The van der Waals surface area contributed by atoms with Crippen molar-refractivity contribution in [3.8, 4) is 5.75 Å². The summed E-state index contributed by atoms with van der Waals surface area (Å²) >= 11 is 0. The number of aliphatic hydroxyl groups is 1. The Labute approximate surface area is 278 Å². The van der Waals surface area contributed by atoms with E-state index in [9.17, 15) is 44.7 Å². The molecule has 1 N–H and O–H groups in total. The van der Waals surface area contributed by atoms with E-state index < -0.39 is 62.5 Å². The molecule has 2 unspecified atom stereocenters. The van der Waals surface area contributed by atoms with Gasteiger partial charge in [-0.3, -0.25) is 4.79 Å². The van der Waals surface area contributed by atoms with E-state index in [1.54, 1.807) is 6.92 Å². The minimum absolute atomic E-state index is 0.0612. The van der Waals surface area contributed by atoms with Crippen molar-refractivity contribution in [3.63, 3.8) is 0 Å². The summed E-state index contributed by atoms with van der Waals surface area (Å²) in [7, 11) is -4.51. The smallest absolute Gasteiger partial charge is 0.435 e. The minimum Gasteiger partial charge on any atom is -0.512 e. The Morgan fingerprint density at radius 1 is 0.939 bits per heavy atom. The van der Waals surface area contributed by atoms with Crippen molar-refractivity contribution in [2.45, 2.75) is 85.6 Å². The Morgan fingerprint density at radius 2 is 1.53 bits per heavy atom. The van der Waals surface area contributed by atoms with Crippen LogP contribution in [0.5, 0.6) is 5.75 Å². The molecule has 1 saturated heterocycles. The van der Waals surface area contributed by atoms with E-state index in [-0.39, 0.29) is 46.7 Å². The van der Waals surface area contributed by atoms with Gasteiger partial charge in [-0.2, -0.15) is 26.3 Å². The molecule has 1 spiro atoms. The highest BCUT2D eigenvalue weighted by molar-refractivity contribution is 7.92. The summed E-state index contributed by atoms with van der Waals surface area (Å²) in [5.74, 6) is -0.810. The number of carbonyl (C=O) groups excluding carboxylic acids is 1. The summed E-state index contributed by atoms with van der Waals surface area (Å²) in [6, 6.07) is 5.90. The van der Waals surface area contributed by atoms with Gasteiger partial charge in [-0.15, -0.1) is 0 Å². The molecule has 2 aromatic carbocycles. The molecule has 14 heteroatoms. The highest BCUT2D eigenvalue weighted by Crippen LogP contribution is 2.64. The van der Waals surface area contributed by atoms with E-state index in [0.29, 0.717) is 35.8 Å². The van der Waals surface area contributed by atoms with Gasteiger partial charge in [0.25, 0.3) is 0 Å². The number of halogens is 7. The van der Waals surface area contributed by atoms with Gasteiger partial charge < -0.3 is 14.7 Å². The average molecular weight is 714 g/mol. The van der Waals surface area contributed by atoms with Gasteiger partial charge in [0.2, 0.25) is 5.91 Å². The third-order valence-corrected chi connectivity index (χ3v) is 13.9. The highest BCUT2D eigenvalue weighted by atomic mass is 32.2. The monoisotopic (exact) mass is 713 g/mol. The minimum atomic E-state index is -6.38. The molecule has 7 rings (SSSR count). The van der Waals surface area contributed by atoms with Crippen LogP contribution in [0, 0.1) is 17.3 Å². The zero-order chi connectivity index (χ0) is 35.5. The predicted molar refractivity (Wildman–Crippen MR) is 164 cm³/mol. The van der Waals surface area contributed by atoms with Crippen molar-refractivity contribution in [1.29, 1.82) is 0 Å². The van der Waals surface area contributed by atoms with Gasteiger partial charge in [0.05, 0.1) is 16.7 Å². The molecule has 1 amide bonds. The number of ether oxygens (including phenoxy) is 1. The summed E-state index contributed by atoms with van der Waals surface area (Å²) in [5, 5.41) is 10.4. The number of alkyl halides is 7. The molecule has 49 heavy (non-hydrogen) atoms. The number of carbonyl (C=O) groups is 1. The van der Waals surface area contributed by atoms with Crippen molar-refractivity contribution >= 4 is 21.3 Å². The van der Waals surface area contributed by atoms with Gasteiger partial charge in [0.1, 0.15) is 17.1 Å². The van der Waals surface area contributed by atoms with Gasteiger partial charge in [-0.25, -0.2) is 12.8 Å². The number of hydrogen-bond donors (Lipinski definition) is 1. The lowest BCUT2D eigenvalue weighted by atomic mass is 9.47. The first kappa shape index (κ1) is 33.9. The quantitative estimate of drug-likeness (QED) is 0.242. The van der Waals surface area contributed by atoms with E-state index in [4.69, 9.17) is 4.74 Å². The first-order chi connectivity index (χ1) is 22.8. The summed E-state index contributed by atoms with van der Waals surface area (Å²) in [5.41, 5.74) is -5.49. The van der Waals surface area contributed by atoms with Gasteiger partial charge in [0.15, 0.2) is 9.84 Å². The van der Waals surface area contributed by atoms with Crippen LogP contribution in [-0.4, -0.2) is 55.9 Å². The van der Waals surface area contributed by atoms with Crippen LogP contribution in [0.1, 0.15) is 68.6 Å². The third kappa shape index (κ3) is 4.85. The van der Waals surface area contributed by atoms with E-state index >= 15 is 4.39 Å². The molecular weight excluding hydrogens is 679 g/mol. The SMILES string of the molecule is C=C(C)c1ccc(S(=O)(=O)C23CCN(C(=O)C4CC5(C4)CC(C(O)=C4CC4)C5)C2COc2cc(C(F)(C(F)(F)F)C(F)(F)F)ccc23)cc1. The Hall–Kier alpha value is -3.55. The summed E-state index contributed by atoms with van der Waals surface area (Å²) in [6.07, 6.45) is -8.52. The van der Waals surface area contributed by atoms with Crippen molar-refractivity contribution < 1.29 is 53.8 Å². The largest absolute Gasteiger partial charge is 0.512 e. The Kier molecular flexibility index (Phi) is 7.43. The number of likely N-dealkylation sites (tertiary alicyclic amines) is 1. The number of aliphatic hydroxyl groups excluding tert-OH is 1. The molecule has 3 saturated carbocycles. The number of amides is 1. The maximum Gasteiger partial charge on any atom is 0.435 e. The Morgan fingerprint density at radius 3 is 2.08 bits per heavy atom. The zero-order valence-corrected chi connectivity index (χ0v) is 27.2. The maximum absolute atomic E-state index is 15.1. The van der Waals surface area contributed by atoms with Gasteiger partial charge in [-0.05, 0) is 86.6 Å². The van der Waals surface area contributed by atoms with Crippen LogP contribution in [0.2, 0.25) is 0 Å². The van der Waals surface area contributed by atoms with Crippen LogP contribution in [0.3, 0.4) is 0 Å². The van der Waals surface area contributed by atoms with Crippen molar-refractivity contribution in [1.82, 2.24) is 4.90 Å². The van der Waals surface area contributed by atoms with Crippen LogP contribution in [0.25, 0.3) is 5.57 Å². The Balaban J connectivity index is 1.25. The molecular formula is C35H34F7NO5S. The molecule has 0 radical (unpaired) electrons. The fourth-order valence-corrected chi connectivity index (χ4v) is 10.9. The van der Waals surface area contributed by atoms with Crippen LogP contribution in [-0.2, 0) is 25.0 Å². The van der Waals surface area contributed by atoms with Gasteiger partial charge >= 0.3 is 18.0 Å². The molecule has 2 aromatic rings. The lowest BCUT2D eigenvalue weighted by Gasteiger charge is -2.57. The van der Waals surface area contributed by atoms with Crippen LogP contribution in [0.4, 0.5) is 30.7 Å². The molecule has 2 heterocycles. The maximum atomic E-state index is 15.1. The van der Waals surface area contributed by atoms with Crippen LogP contribution in [0.15, 0.2) is 65.3 Å². The second-order valence-corrected chi connectivity index (χ2v) is 16.6. The molecule has 5 aliphatic rings. The summed E-state index contributed by atoms with van der Waals surface area (Å²) in [6.45, 7) is 4.95. The number of fused-ring (bicyclic) bond motifs is 3. The number of hydrogen-bond acceptors (Lipinski definition) is 5. The number of rotatable bonds is 6. The molecule has 6 nitrogen and oxygen atoms in total. The first-order valence-electron chi connectivity index (χ1n) is 16.1. The van der Waals surface area contributed by atoms with Crippen molar-refractivity contribution in [3.05, 3.63) is 77.1 Å². The second-order valence-electron chi connectivity index (χ2n) is 14.4. The van der Waals surface area contributed by atoms with E-state index in [0.717, 1.165) is 37.3 Å². The van der Waals surface area contributed by atoms with Gasteiger partial charge in [-0.1, -0.05) is 36.4 Å². The molecule has 4 fully saturated rings. The Bertz CT molecular complexity index is 1850. The van der Waals surface area contributed by atoms with E-state index in [1.807, 2.05) is 0 Å². The predicted octanol–water partition coefficient (Wildman–Crippen LogP) is 8.08. The molecule has 0 aromatic heterocycles.